The SMILES string of the molecule is Fc1ccc(C2Cc3c(Cl)cccc3N2)cc1. The van der Waals surface area contributed by atoms with Gasteiger partial charge in [-0.1, -0.05) is 29.8 Å². The van der Waals surface area contributed by atoms with Crippen LogP contribution in [0.25, 0.3) is 0 Å². The Kier molecular flexibility index (Phi) is 2.52. The second-order valence-corrected chi connectivity index (χ2v) is 4.63. The molecule has 3 rings (SSSR count). The van der Waals surface area contributed by atoms with E-state index in [1.165, 1.54) is 12.1 Å². The van der Waals surface area contributed by atoms with Crippen molar-refractivity contribution in [2.75, 3.05) is 5.32 Å². The lowest BCUT2D eigenvalue weighted by atomic mass is 10.0. The molecule has 0 bridgehead atoms. The van der Waals surface area contributed by atoms with E-state index in [2.05, 4.69) is 5.32 Å². The van der Waals surface area contributed by atoms with E-state index in [0.29, 0.717) is 0 Å². The molecule has 2 aromatic rings. The van der Waals surface area contributed by atoms with Crippen LogP contribution in [0.2, 0.25) is 5.02 Å². The smallest absolute Gasteiger partial charge is 0.123 e. The van der Waals surface area contributed by atoms with E-state index in [0.717, 1.165) is 28.3 Å². The number of hydrogen-bond acceptors (Lipinski definition) is 1. The summed E-state index contributed by atoms with van der Waals surface area (Å²) in [6.07, 6.45) is 0.848. The molecule has 17 heavy (non-hydrogen) atoms. The largest absolute Gasteiger partial charge is 0.378 e. The van der Waals surface area contributed by atoms with Crippen molar-refractivity contribution in [1.29, 1.82) is 0 Å². The Labute approximate surface area is 104 Å². The monoisotopic (exact) mass is 247 g/mol. The van der Waals surface area contributed by atoms with Crippen LogP contribution in [0.5, 0.6) is 0 Å². The van der Waals surface area contributed by atoms with Gasteiger partial charge in [-0.25, -0.2) is 4.39 Å². The first-order valence-corrected chi connectivity index (χ1v) is 5.91. The maximum absolute atomic E-state index is 12.9. The lowest BCUT2D eigenvalue weighted by Gasteiger charge is -2.11. The minimum Gasteiger partial charge on any atom is -0.378 e. The lowest BCUT2D eigenvalue weighted by molar-refractivity contribution is 0.626. The summed E-state index contributed by atoms with van der Waals surface area (Å²) < 4.78 is 12.9. The van der Waals surface area contributed by atoms with Gasteiger partial charge in [0.05, 0.1) is 6.04 Å². The van der Waals surface area contributed by atoms with Crippen LogP contribution in [-0.4, -0.2) is 0 Å². The van der Waals surface area contributed by atoms with Crippen molar-refractivity contribution in [3.8, 4) is 0 Å². The molecule has 1 N–H and O–H groups in total. The minimum absolute atomic E-state index is 0.186. The van der Waals surface area contributed by atoms with Crippen LogP contribution in [0.3, 0.4) is 0 Å². The molecule has 0 fully saturated rings. The van der Waals surface area contributed by atoms with E-state index < -0.39 is 0 Å². The molecule has 0 aliphatic carbocycles. The van der Waals surface area contributed by atoms with Crippen molar-refractivity contribution >= 4 is 17.3 Å². The summed E-state index contributed by atoms with van der Waals surface area (Å²) in [5.74, 6) is -0.206. The van der Waals surface area contributed by atoms with Crippen LogP contribution in [0.4, 0.5) is 10.1 Å². The molecule has 0 radical (unpaired) electrons. The average Bonchev–Trinajstić information content (AvgIpc) is 2.75. The van der Waals surface area contributed by atoms with Gasteiger partial charge in [0.25, 0.3) is 0 Å². The van der Waals surface area contributed by atoms with Crippen LogP contribution >= 0.6 is 11.6 Å². The maximum Gasteiger partial charge on any atom is 0.123 e. The molecule has 1 aliphatic heterocycles. The van der Waals surface area contributed by atoms with E-state index in [-0.39, 0.29) is 11.9 Å². The third-order valence-electron chi connectivity index (χ3n) is 3.13. The predicted octanol–water partition coefficient (Wildman–Crippen LogP) is 4.19. The van der Waals surface area contributed by atoms with Crippen molar-refractivity contribution in [2.24, 2.45) is 0 Å². The topological polar surface area (TPSA) is 12.0 Å². The number of nitrogens with one attached hydrogen (secondary N) is 1. The zero-order valence-corrected chi connectivity index (χ0v) is 9.84. The molecule has 86 valence electrons. The Balaban J connectivity index is 1.91. The number of anilines is 1. The summed E-state index contributed by atoms with van der Waals surface area (Å²) in [4.78, 5) is 0. The third kappa shape index (κ3) is 1.89. The van der Waals surface area contributed by atoms with Crippen LogP contribution < -0.4 is 5.32 Å². The molecule has 2 aromatic carbocycles. The van der Waals surface area contributed by atoms with Gasteiger partial charge in [0.1, 0.15) is 5.82 Å². The highest BCUT2D eigenvalue weighted by atomic mass is 35.5. The van der Waals surface area contributed by atoms with E-state index in [1.54, 1.807) is 0 Å². The predicted molar refractivity (Wildman–Crippen MR) is 67.9 cm³/mol. The summed E-state index contributed by atoms with van der Waals surface area (Å²) in [6, 6.07) is 12.6. The van der Waals surface area contributed by atoms with E-state index >= 15 is 0 Å². The molecule has 0 saturated heterocycles. The first-order valence-electron chi connectivity index (χ1n) is 5.53. The first kappa shape index (κ1) is 10.6. The maximum atomic E-state index is 12.9. The van der Waals surface area contributed by atoms with Gasteiger partial charge < -0.3 is 5.32 Å². The van der Waals surface area contributed by atoms with Gasteiger partial charge in [0.2, 0.25) is 0 Å². The van der Waals surface area contributed by atoms with Crippen LogP contribution in [0.15, 0.2) is 42.5 Å². The summed E-state index contributed by atoms with van der Waals surface area (Å²) in [6.45, 7) is 0. The number of halogens is 2. The third-order valence-corrected chi connectivity index (χ3v) is 3.48. The minimum atomic E-state index is -0.206. The zero-order chi connectivity index (χ0) is 11.8. The van der Waals surface area contributed by atoms with Crippen molar-refractivity contribution in [2.45, 2.75) is 12.5 Å². The molecular weight excluding hydrogens is 237 g/mol. The van der Waals surface area contributed by atoms with Crippen molar-refractivity contribution < 1.29 is 4.39 Å². The first-order chi connectivity index (χ1) is 8.24. The number of fused-ring (bicyclic) bond motifs is 1. The van der Waals surface area contributed by atoms with Gasteiger partial charge in [0, 0.05) is 17.1 Å². The Morgan fingerprint density at radius 1 is 1.12 bits per heavy atom. The summed E-state index contributed by atoms with van der Waals surface area (Å²) in [7, 11) is 0. The summed E-state index contributed by atoms with van der Waals surface area (Å²) in [5, 5.41) is 4.20. The molecular formula is C14H11ClFN. The Bertz CT molecular complexity index is 551. The summed E-state index contributed by atoms with van der Waals surface area (Å²) >= 11 is 6.15. The van der Waals surface area contributed by atoms with Crippen molar-refractivity contribution in [1.82, 2.24) is 0 Å². The van der Waals surface area contributed by atoms with Crippen molar-refractivity contribution in [3.63, 3.8) is 0 Å². The number of benzene rings is 2. The molecule has 1 heterocycles. The van der Waals surface area contributed by atoms with Gasteiger partial charge in [-0.05, 0) is 35.4 Å². The second kappa shape index (κ2) is 4.04. The highest BCUT2D eigenvalue weighted by Gasteiger charge is 2.23. The Morgan fingerprint density at radius 3 is 2.59 bits per heavy atom. The van der Waals surface area contributed by atoms with Gasteiger partial charge in [-0.15, -0.1) is 0 Å². The average molecular weight is 248 g/mol. The fourth-order valence-corrected chi connectivity index (χ4v) is 2.49. The van der Waals surface area contributed by atoms with Crippen molar-refractivity contribution in [3.05, 3.63) is 64.4 Å². The Morgan fingerprint density at radius 2 is 1.88 bits per heavy atom. The quantitative estimate of drug-likeness (QED) is 0.797. The molecule has 0 amide bonds. The van der Waals surface area contributed by atoms with Gasteiger partial charge in [-0.3, -0.25) is 0 Å². The summed E-state index contributed by atoms with van der Waals surface area (Å²) in [5.41, 5.74) is 3.30. The lowest BCUT2D eigenvalue weighted by Crippen LogP contribution is -2.05. The second-order valence-electron chi connectivity index (χ2n) is 4.22. The molecule has 1 nitrogen and oxygen atoms in total. The normalized spacial score (nSPS) is 17.6. The fraction of sp³-hybridized carbons (Fsp3) is 0.143. The van der Waals surface area contributed by atoms with E-state index in [1.807, 2.05) is 30.3 Å². The van der Waals surface area contributed by atoms with E-state index in [9.17, 15) is 4.39 Å². The molecule has 1 atom stereocenters. The van der Waals surface area contributed by atoms with Gasteiger partial charge >= 0.3 is 0 Å². The fourth-order valence-electron chi connectivity index (χ4n) is 2.24. The molecule has 0 aromatic heterocycles. The molecule has 3 heteroatoms. The number of rotatable bonds is 1. The van der Waals surface area contributed by atoms with Gasteiger partial charge in [-0.2, -0.15) is 0 Å². The highest BCUT2D eigenvalue weighted by molar-refractivity contribution is 6.31. The Hall–Kier alpha value is -1.54. The molecule has 0 saturated carbocycles. The van der Waals surface area contributed by atoms with Crippen LogP contribution in [0, 0.1) is 5.82 Å². The molecule has 1 unspecified atom stereocenters. The van der Waals surface area contributed by atoms with E-state index in [4.69, 9.17) is 11.6 Å². The molecule has 1 aliphatic rings. The van der Waals surface area contributed by atoms with Crippen LogP contribution in [0.1, 0.15) is 17.2 Å². The molecule has 0 spiro atoms. The highest BCUT2D eigenvalue weighted by Crippen LogP contribution is 2.37. The standard InChI is InChI=1S/C14H11ClFN/c15-12-2-1-3-13-11(12)8-14(17-13)9-4-6-10(16)7-5-9/h1-7,14,17H,8H2. The van der Waals surface area contributed by atoms with Crippen LogP contribution in [-0.2, 0) is 6.42 Å². The zero-order valence-electron chi connectivity index (χ0n) is 9.08. The van der Waals surface area contributed by atoms with Gasteiger partial charge in [0.15, 0.2) is 0 Å². The number of hydrogen-bond donors (Lipinski definition) is 1.